The molecule has 1 N–H and O–H groups in total. The minimum atomic E-state index is -1.21. The fraction of sp³-hybridized carbons (Fsp3) is 0.467. The van der Waals surface area contributed by atoms with Crippen LogP contribution in [0.25, 0.3) is 0 Å². The zero-order chi connectivity index (χ0) is 16.3. The molecule has 0 radical (unpaired) electrons. The number of carboxylic acid groups (broad SMARTS) is 1. The van der Waals surface area contributed by atoms with Crippen LogP contribution in [0, 0.1) is 28.9 Å². The Balaban J connectivity index is 2.19. The molecular weight excluding hydrogens is 288 g/mol. The number of hydrogen-bond donors (Lipinski definition) is 1. The van der Waals surface area contributed by atoms with Crippen LogP contribution in [0.15, 0.2) is 18.2 Å². The van der Waals surface area contributed by atoms with Crippen LogP contribution < -0.4 is 10.4 Å². The van der Waals surface area contributed by atoms with Crippen molar-refractivity contribution in [1.29, 1.82) is 0 Å². The van der Waals surface area contributed by atoms with Crippen LogP contribution in [-0.2, 0) is 9.59 Å². The van der Waals surface area contributed by atoms with Gasteiger partial charge in [0.05, 0.1) is 16.2 Å². The molecule has 1 aromatic carbocycles. The lowest BCUT2D eigenvalue weighted by atomic mass is 9.78. The standard InChI is InChI=1S/C15H18N2O5/c1-9-12(7-4-8-13(9)17(21)22)16-14(18)10-5-2-3-6-11(10)15(19)20/h4,7-8,10-11H,2-3,5-6H2,1H3,(H,16,18)(H,19,20)/p-1/t10-,11+/m0/s1. The van der Waals surface area contributed by atoms with Crippen molar-refractivity contribution in [2.45, 2.75) is 32.6 Å². The van der Waals surface area contributed by atoms with Crippen molar-refractivity contribution in [2.24, 2.45) is 11.8 Å². The van der Waals surface area contributed by atoms with Gasteiger partial charge in [0.1, 0.15) is 0 Å². The first-order chi connectivity index (χ1) is 10.4. The molecule has 1 saturated carbocycles. The van der Waals surface area contributed by atoms with Gasteiger partial charge in [-0.15, -0.1) is 0 Å². The maximum absolute atomic E-state index is 12.3. The molecule has 118 valence electrons. The summed E-state index contributed by atoms with van der Waals surface area (Å²) in [5.41, 5.74) is 0.599. The average molecular weight is 305 g/mol. The van der Waals surface area contributed by atoms with Crippen molar-refractivity contribution in [2.75, 3.05) is 5.32 Å². The first-order valence-corrected chi connectivity index (χ1v) is 7.17. The Hall–Kier alpha value is -2.44. The molecule has 2 atom stereocenters. The van der Waals surface area contributed by atoms with E-state index in [0.29, 0.717) is 24.1 Å². The van der Waals surface area contributed by atoms with Crippen LogP contribution in [0.3, 0.4) is 0 Å². The highest BCUT2D eigenvalue weighted by Crippen LogP contribution is 2.32. The first kappa shape index (κ1) is 15.9. The molecule has 7 heteroatoms. The van der Waals surface area contributed by atoms with E-state index in [9.17, 15) is 24.8 Å². The fourth-order valence-corrected chi connectivity index (χ4v) is 2.91. The van der Waals surface area contributed by atoms with Gasteiger partial charge in [0.2, 0.25) is 5.91 Å². The summed E-state index contributed by atoms with van der Waals surface area (Å²) < 4.78 is 0. The number of hydrogen-bond acceptors (Lipinski definition) is 5. The first-order valence-electron chi connectivity index (χ1n) is 7.17. The summed E-state index contributed by atoms with van der Waals surface area (Å²) >= 11 is 0. The van der Waals surface area contributed by atoms with E-state index in [0.717, 1.165) is 12.8 Å². The number of rotatable bonds is 4. The number of carboxylic acids is 1. The predicted octanol–water partition coefficient (Wildman–Crippen LogP) is 1.40. The molecular formula is C15H17N2O5-. The Morgan fingerprint density at radius 3 is 2.45 bits per heavy atom. The molecule has 0 saturated heterocycles. The number of amides is 1. The summed E-state index contributed by atoms with van der Waals surface area (Å²) in [5.74, 6) is -3.08. The van der Waals surface area contributed by atoms with E-state index < -0.39 is 28.6 Å². The van der Waals surface area contributed by atoms with Gasteiger partial charge in [-0.05, 0) is 25.8 Å². The van der Waals surface area contributed by atoms with Crippen molar-refractivity contribution in [3.63, 3.8) is 0 Å². The molecule has 1 aromatic rings. The second kappa shape index (κ2) is 6.55. The summed E-state index contributed by atoms with van der Waals surface area (Å²) in [6, 6.07) is 4.41. The van der Waals surface area contributed by atoms with Crippen molar-refractivity contribution in [3.05, 3.63) is 33.9 Å². The Bertz CT molecular complexity index is 614. The number of anilines is 1. The average Bonchev–Trinajstić information content (AvgIpc) is 2.49. The maximum Gasteiger partial charge on any atom is 0.274 e. The highest BCUT2D eigenvalue weighted by Gasteiger charge is 2.32. The van der Waals surface area contributed by atoms with Gasteiger partial charge >= 0.3 is 0 Å². The fourth-order valence-electron chi connectivity index (χ4n) is 2.91. The third-order valence-corrected chi connectivity index (χ3v) is 4.17. The molecule has 0 spiro atoms. The van der Waals surface area contributed by atoms with E-state index >= 15 is 0 Å². The minimum Gasteiger partial charge on any atom is -0.550 e. The smallest absolute Gasteiger partial charge is 0.274 e. The van der Waals surface area contributed by atoms with E-state index in [1.807, 2.05) is 0 Å². The van der Waals surface area contributed by atoms with Crippen LogP contribution in [0.2, 0.25) is 0 Å². The molecule has 2 rings (SSSR count). The van der Waals surface area contributed by atoms with Crippen LogP contribution in [0.4, 0.5) is 11.4 Å². The van der Waals surface area contributed by atoms with E-state index in [1.54, 1.807) is 13.0 Å². The highest BCUT2D eigenvalue weighted by molar-refractivity contribution is 5.96. The van der Waals surface area contributed by atoms with E-state index in [-0.39, 0.29) is 5.69 Å². The van der Waals surface area contributed by atoms with Crippen molar-refractivity contribution in [1.82, 2.24) is 0 Å². The summed E-state index contributed by atoms with van der Waals surface area (Å²) in [5, 5.41) is 24.7. The number of carbonyl (C=O) groups excluding carboxylic acids is 2. The third-order valence-electron chi connectivity index (χ3n) is 4.17. The topological polar surface area (TPSA) is 112 Å². The molecule has 22 heavy (non-hydrogen) atoms. The molecule has 1 aliphatic rings. The number of nitro groups is 1. The van der Waals surface area contributed by atoms with Crippen LogP contribution in [-0.4, -0.2) is 16.8 Å². The second-order valence-electron chi connectivity index (χ2n) is 5.51. The number of nitrogens with one attached hydrogen (secondary N) is 1. The summed E-state index contributed by atoms with van der Waals surface area (Å²) in [4.78, 5) is 33.9. The number of benzene rings is 1. The number of aliphatic carboxylic acids is 1. The Morgan fingerprint density at radius 1 is 1.23 bits per heavy atom. The zero-order valence-electron chi connectivity index (χ0n) is 12.2. The highest BCUT2D eigenvalue weighted by atomic mass is 16.6. The summed E-state index contributed by atoms with van der Waals surface area (Å²) in [7, 11) is 0. The molecule has 1 amide bonds. The third kappa shape index (κ3) is 3.24. The maximum atomic E-state index is 12.3. The second-order valence-corrected chi connectivity index (χ2v) is 5.51. The largest absolute Gasteiger partial charge is 0.550 e. The van der Waals surface area contributed by atoms with Gasteiger partial charge in [-0.3, -0.25) is 14.9 Å². The number of nitro benzene ring substituents is 1. The van der Waals surface area contributed by atoms with Crippen molar-refractivity contribution >= 4 is 23.3 Å². The SMILES string of the molecule is Cc1c(NC(=O)[C@H]2CCCC[C@H]2C(=O)[O-])cccc1[N+](=O)[O-]. The monoisotopic (exact) mass is 305 g/mol. The van der Waals surface area contributed by atoms with Gasteiger partial charge in [-0.1, -0.05) is 18.9 Å². The predicted molar refractivity (Wildman–Crippen MR) is 76.9 cm³/mol. The molecule has 0 aliphatic heterocycles. The summed E-state index contributed by atoms with van der Waals surface area (Å²) in [6.45, 7) is 1.55. The number of carbonyl (C=O) groups is 2. The van der Waals surface area contributed by atoms with E-state index in [4.69, 9.17) is 0 Å². The lowest BCUT2D eigenvalue weighted by molar-refractivity contribution is -0.385. The lowest BCUT2D eigenvalue weighted by Crippen LogP contribution is -2.42. The quantitative estimate of drug-likeness (QED) is 0.667. The van der Waals surface area contributed by atoms with E-state index in [1.165, 1.54) is 12.1 Å². The molecule has 0 aromatic heterocycles. The Morgan fingerprint density at radius 2 is 1.86 bits per heavy atom. The Labute approximate surface area is 127 Å². The molecule has 0 bridgehead atoms. The van der Waals surface area contributed by atoms with Gasteiger partial charge in [0, 0.05) is 23.9 Å². The van der Waals surface area contributed by atoms with Gasteiger partial charge in [-0.25, -0.2) is 0 Å². The van der Waals surface area contributed by atoms with Gasteiger partial charge in [-0.2, -0.15) is 0 Å². The zero-order valence-corrected chi connectivity index (χ0v) is 12.2. The van der Waals surface area contributed by atoms with Crippen molar-refractivity contribution < 1.29 is 19.6 Å². The van der Waals surface area contributed by atoms with Crippen LogP contribution in [0.1, 0.15) is 31.2 Å². The van der Waals surface area contributed by atoms with E-state index in [2.05, 4.69) is 5.32 Å². The van der Waals surface area contributed by atoms with Crippen molar-refractivity contribution in [3.8, 4) is 0 Å². The minimum absolute atomic E-state index is 0.0853. The Kier molecular flexibility index (Phi) is 4.75. The molecule has 1 aliphatic carbocycles. The molecule has 0 heterocycles. The van der Waals surface area contributed by atoms with Gasteiger partial charge < -0.3 is 15.2 Å². The summed E-state index contributed by atoms with van der Waals surface area (Å²) in [6.07, 6.45) is 2.46. The molecule has 1 fully saturated rings. The number of nitrogens with zero attached hydrogens (tertiary/aromatic N) is 1. The molecule has 0 unspecified atom stereocenters. The molecule has 7 nitrogen and oxygen atoms in total. The lowest BCUT2D eigenvalue weighted by Gasteiger charge is -2.31. The van der Waals surface area contributed by atoms with Gasteiger partial charge in [0.15, 0.2) is 0 Å². The van der Waals surface area contributed by atoms with Crippen LogP contribution in [0.5, 0.6) is 0 Å². The van der Waals surface area contributed by atoms with Gasteiger partial charge in [0.25, 0.3) is 5.69 Å². The van der Waals surface area contributed by atoms with Crippen LogP contribution >= 0.6 is 0 Å². The normalized spacial score (nSPS) is 21.1.